The van der Waals surface area contributed by atoms with Gasteiger partial charge in [-0.05, 0) is 13.8 Å². The Balaban J connectivity index is 2.59. The van der Waals surface area contributed by atoms with Crippen LogP contribution in [0.25, 0.3) is 0 Å². The van der Waals surface area contributed by atoms with Crippen LogP contribution < -0.4 is 0 Å². The Morgan fingerprint density at radius 1 is 1.31 bits per heavy atom. The summed E-state index contributed by atoms with van der Waals surface area (Å²) in [6.45, 7) is 11.5. The summed E-state index contributed by atoms with van der Waals surface area (Å²) in [4.78, 5) is 0. The van der Waals surface area contributed by atoms with E-state index in [1.54, 1.807) is 0 Å². The van der Waals surface area contributed by atoms with Crippen LogP contribution in [0.4, 0.5) is 0 Å². The van der Waals surface area contributed by atoms with Crippen LogP contribution in [0.15, 0.2) is 0 Å². The lowest BCUT2D eigenvalue weighted by molar-refractivity contribution is -0.319. The standard InChI is InChI=1S/C11H22O2/c1-6-7-11(5)12-8-10(3,4)9(2)13-11/h9H,6-8H2,1-5H3/t9-,11-/m0/s1. The molecule has 1 saturated heterocycles. The molecular formula is C11H22O2. The van der Waals surface area contributed by atoms with E-state index >= 15 is 0 Å². The summed E-state index contributed by atoms with van der Waals surface area (Å²) in [7, 11) is 0. The van der Waals surface area contributed by atoms with Gasteiger partial charge < -0.3 is 9.47 Å². The first-order valence-electron chi connectivity index (χ1n) is 5.21. The minimum Gasteiger partial charge on any atom is -0.350 e. The molecule has 0 unspecified atom stereocenters. The van der Waals surface area contributed by atoms with Gasteiger partial charge >= 0.3 is 0 Å². The molecule has 2 nitrogen and oxygen atoms in total. The van der Waals surface area contributed by atoms with Crippen LogP contribution in [-0.2, 0) is 9.47 Å². The van der Waals surface area contributed by atoms with Crippen LogP contribution in [0.2, 0.25) is 0 Å². The monoisotopic (exact) mass is 186 g/mol. The van der Waals surface area contributed by atoms with Gasteiger partial charge in [-0.3, -0.25) is 0 Å². The highest BCUT2D eigenvalue weighted by atomic mass is 16.7. The molecule has 78 valence electrons. The fourth-order valence-electron chi connectivity index (χ4n) is 1.61. The van der Waals surface area contributed by atoms with Gasteiger partial charge in [0.25, 0.3) is 0 Å². The number of hydrogen-bond donors (Lipinski definition) is 0. The molecule has 1 aliphatic rings. The van der Waals surface area contributed by atoms with Crippen LogP contribution in [0.5, 0.6) is 0 Å². The van der Waals surface area contributed by atoms with Crippen LogP contribution in [-0.4, -0.2) is 18.5 Å². The molecule has 1 aliphatic heterocycles. The summed E-state index contributed by atoms with van der Waals surface area (Å²) in [5.74, 6) is -0.344. The molecule has 1 fully saturated rings. The number of ether oxygens (including phenoxy) is 2. The van der Waals surface area contributed by atoms with Gasteiger partial charge in [0, 0.05) is 11.8 Å². The third kappa shape index (κ3) is 2.44. The van der Waals surface area contributed by atoms with Crippen molar-refractivity contribution in [3.63, 3.8) is 0 Å². The van der Waals surface area contributed by atoms with Crippen LogP contribution in [0.1, 0.15) is 47.5 Å². The van der Waals surface area contributed by atoms with Crippen molar-refractivity contribution in [3.8, 4) is 0 Å². The van der Waals surface area contributed by atoms with E-state index in [-0.39, 0.29) is 17.3 Å². The Morgan fingerprint density at radius 2 is 1.92 bits per heavy atom. The molecule has 0 bridgehead atoms. The molecule has 0 N–H and O–H groups in total. The van der Waals surface area contributed by atoms with Crippen molar-refractivity contribution in [3.05, 3.63) is 0 Å². The van der Waals surface area contributed by atoms with E-state index in [2.05, 4.69) is 27.7 Å². The molecule has 0 amide bonds. The van der Waals surface area contributed by atoms with Gasteiger partial charge in [0.2, 0.25) is 0 Å². The number of rotatable bonds is 2. The van der Waals surface area contributed by atoms with Gasteiger partial charge in [-0.15, -0.1) is 0 Å². The maximum atomic E-state index is 5.91. The minimum absolute atomic E-state index is 0.146. The fraction of sp³-hybridized carbons (Fsp3) is 1.00. The molecule has 2 atom stereocenters. The second kappa shape index (κ2) is 3.58. The van der Waals surface area contributed by atoms with Crippen LogP contribution in [0, 0.1) is 5.41 Å². The summed E-state index contributed by atoms with van der Waals surface area (Å²) in [6.07, 6.45) is 2.36. The third-order valence-electron chi connectivity index (χ3n) is 2.98. The SMILES string of the molecule is CCC[C@@]1(C)OCC(C)(C)[C@H](C)O1. The third-order valence-corrected chi connectivity index (χ3v) is 2.98. The van der Waals surface area contributed by atoms with Crippen molar-refractivity contribution in [2.24, 2.45) is 5.41 Å². The molecule has 0 spiro atoms. The van der Waals surface area contributed by atoms with E-state index in [1.165, 1.54) is 0 Å². The van der Waals surface area contributed by atoms with Crippen molar-refractivity contribution in [1.82, 2.24) is 0 Å². The van der Waals surface area contributed by atoms with E-state index in [9.17, 15) is 0 Å². The molecule has 0 saturated carbocycles. The van der Waals surface area contributed by atoms with Gasteiger partial charge in [0.1, 0.15) is 0 Å². The lowest BCUT2D eigenvalue weighted by Gasteiger charge is -2.46. The van der Waals surface area contributed by atoms with Crippen LogP contribution >= 0.6 is 0 Å². The average molecular weight is 186 g/mol. The maximum absolute atomic E-state index is 5.91. The zero-order chi connectivity index (χ0) is 10.1. The molecule has 0 aromatic rings. The smallest absolute Gasteiger partial charge is 0.165 e. The van der Waals surface area contributed by atoms with Gasteiger partial charge in [-0.1, -0.05) is 27.2 Å². The van der Waals surface area contributed by atoms with E-state index in [1.807, 2.05) is 6.92 Å². The van der Waals surface area contributed by atoms with Crippen molar-refractivity contribution in [2.75, 3.05) is 6.61 Å². The molecule has 0 aromatic carbocycles. The fourth-order valence-corrected chi connectivity index (χ4v) is 1.61. The first-order chi connectivity index (χ1) is 5.90. The highest BCUT2D eigenvalue weighted by Gasteiger charge is 2.41. The lowest BCUT2D eigenvalue weighted by Crippen LogP contribution is -2.50. The second-order valence-corrected chi connectivity index (χ2v) is 4.92. The molecule has 2 heteroatoms. The largest absolute Gasteiger partial charge is 0.350 e. The summed E-state index contributed by atoms with van der Waals surface area (Å²) < 4.78 is 11.7. The number of hydrogen-bond acceptors (Lipinski definition) is 2. The van der Waals surface area contributed by atoms with E-state index in [4.69, 9.17) is 9.47 Å². The van der Waals surface area contributed by atoms with Gasteiger partial charge in [0.15, 0.2) is 5.79 Å². The predicted octanol–water partition coefficient (Wildman–Crippen LogP) is 2.96. The molecule has 1 rings (SSSR count). The lowest BCUT2D eigenvalue weighted by atomic mass is 9.87. The molecule has 1 heterocycles. The Kier molecular flexibility index (Phi) is 3.03. The molecule has 0 radical (unpaired) electrons. The average Bonchev–Trinajstić information content (AvgIpc) is 1.99. The van der Waals surface area contributed by atoms with Gasteiger partial charge in [0.05, 0.1) is 12.7 Å². The maximum Gasteiger partial charge on any atom is 0.165 e. The van der Waals surface area contributed by atoms with Crippen molar-refractivity contribution >= 4 is 0 Å². The van der Waals surface area contributed by atoms with Gasteiger partial charge in [-0.25, -0.2) is 0 Å². The Hall–Kier alpha value is -0.0800. The van der Waals surface area contributed by atoms with Crippen molar-refractivity contribution in [2.45, 2.75) is 59.4 Å². The summed E-state index contributed by atoms with van der Waals surface area (Å²) in [5.41, 5.74) is 0.146. The molecule has 0 aromatic heterocycles. The zero-order valence-electron chi connectivity index (χ0n) is 9.52. The minimum atomic E-state index is -0.344. The summed E-state index contributed by atoms with van der Waals surface area (Å²) >= 11 is 0. The Bertz CT molecular complexity index is 177. The highest BCUT2D eigenvalue weighted by molar-refractivity contribution is 4.83. The molecular weight excluding hydrogens is 164 g/mol. The molecule has 13 heavy (non-hydrogen) atoms. The van der Waals surface area contributed by atoms with Gasteiger partial charge in [-0.2, -0.15) is 0 Å². The van der Waals surface area contributed by atoms with E-state index in [0.717, 1.165) is 19.4 Å². The molecule has 0 aliphatic carbocycles. The predicted molar refractivity (Wildman–Crippen MR) is 53.6 cm³/mol. The topological polar surface area (TPSA) is 18.5 Å². The first kappa shape index (κ1) is 11.0. The van der Waals surface area contributed by atoms with Crippen molar-refractivity contribution in [1.29, 1.82) is 0 Å². The highest BCUT2D eigenvalue weighted by Crippen LogP contribution is 2.36. The van der Waals surface area contributed by atoms with Crippen LogP contribution in [0.3, 0.4) is 0 Å². The quantitative estimate of drug-likeness (QED) is 0.660. The normalized spacial score (nSPS) is 39.0. The van der Waals surface area contributed by atoms with E-state index in [0.29, 0.717) is 0 Å². The Labute approximate surface area is 81.6 Å². The summed E-state index contributed by atoms with van der Waals surface area (Å²) in [6, 6.07) is 0. The van der Waals surface area contributed by atoms with E-state index < -0.39 is 0 Å². The Morgan fingerprint density at radius 3 is 2.38 bits per heavy atom. The zero-order valence-corrected chi connectivity index (χ0v) is 9.52. The van der Waals surface area contributed by atoms with Crippen molar-refractivity contribution < 1.29 is 9.47 Å². The first-order valence-corrected chi connectivity index (χ1v) is 5.21. The second-order valence-electron chi connectivity index (χ2n) is 4.92. The summed E-state index contributed by atoms with van der Waals surface area (Å²) in [5, 5.41) is 0.